The summed E-state index contributed by atoms with van der Waals surface area (Å²) in [5.74, 6) is 0. The number of rotatable bonds is 2. The highest BCUT2D eigenvalue weighted by atomic mass is 16.4. The molecule has 2 N–H and O–H groups in total. The summed E-state index contributed by atoms with van der Waals surface area (Å²) >= 11 is 0. The zero-order chi connectivity index (χ0) is 7.56. The van der Waals surface area contributed by atoms with Gasteiger partial charge in [0, 0.05) is 0 Å². The average molecular weight is 138 g/mol. The molecule has 0 radical (unpaired) electrons. The third kappa shape index (κ3) is 1.34. The van der Waals surface area contributed by atoms with Gasteiger partial charge in [-0.3, -0.25) is 4.79 Å². The first-order valence-electron chi connectivity index (χ1n) is 2.95. The summed E-state index contributed by atoms with van der Waals surface area (Å²) in [4.78, 5) is 10.1. The molecule has 0 aromatic rings. The van der Waals surface area contributed by atoms with E-state index >= 15 is 0 Å². The van der Waals surface area contributed by atoms with Crippen molar-refractivity contribution < 1.29 is 14.8 Å². The lowest BCUT2D eigenvalue weighted by atomic mass is 9.78. The lowest BCUT2D eigenvalue weighted by molar-refractivity contribution is -0.104. The van der Waals surface area contributed by atoms with Crippen LogP contribution >= 0.6 is 0 Å². The van der Waals surface area contributed by atoms with Gasteiger partial charge in [0.1, 0.15) is 6.29 Å². The molecule has 4 heteroatoms. The molecule has 0 unspecified atom stereocenters. The van der Waals surface area contributed by atoms with Gasteiger partial charge >= 0.3 is 7.12 Å². The van der Waals surface area contributed by atoms with Gasteiger partial charge in [0.2, 0.25) is 0 Å². The number of hydrogen-bond acceptors (Lipinski definition) is 3. The molecule has 10 heavy (non-hydrogen) atoms. The van der Waals surface area contributed by atoms with E-state index in [1.165, 1.54) is 0 Å². The Morgan fingerprint density at radius 2 is 2.20 bits per heavy atom. The highest BCUT2D eigenvalue weighted by molar-refractivity contribution is 6.51. The lowest BCUT2D eigenvalue weighted by Crippen LogP contribution is -2.14. The molecule has 0 saturated carbocycles. The molecule has 1 aliphatic rings. The monoisotopic (exact) mass is 138 g/mol. The van der Waals surface area contributed by atoms with Crippen molar-refractivity contribution in [3.05, 3.63) is 23.2 Å². The van der Waals surface area contributed by atoms with Crippen molar-refractivity contribution in [3.63, 3.8) is 0 Å². The van der Waals surface area contributed by atoms with E-state index in [1.807, 2.05) is 0 Å². The second kappa shape index (κ2) is 2.81. The molecule has 3 nitrogen and oxygen atoms in total. The molecule has 0 heterocycles. The highest BCUT2D eigenvalue weighted by Crippen LogP contribution is 2.17. The molecule has 0 aliphatic heterocycles. The van der Waals surface area contributed by atoms with Crippen molar-refractivity contribution in [1.29, 1.82) is 0 Å². The molecular formula is C6H7BO3. The van der Waals surface area contributed by atoms with E-state index in [1.54, 1.807) is 12.2 Å². The summed E-state index contributed by atoms with van der Waals surface area (Å²) in [5.41, 5.74) is 1.06. The normalized spacial score (nSPS) is 16.2. The minimum Gasteiger partial charge on any atom is -0.423 e. The minimum absolute atomic E-state index is 0.362. The molecule has 1 rings (SSSR count). The number of carbonyl (C=O) groups excluding carboxylic acids is 1. The van der Waals surface area contributed by atoms with Crippen LogP contribution in [0.2, 0.25) is 0 Å². The van der Waals surface area contributed by atoms with Crippen LogP contribution in [0.5, 0.6) is 0 Å². The SMILES string of the molecule is O=CC1=CC=C(B(O)O)C1. The largest absolute Gasteiger partial charge is 0.484 e. The summed E-state index contributed by atoms with van der Waals surface area (Å²) in [6, 6.07) is 0. The van der Waals surface area contributed by atoms with Crippen molar-refractivity contribution in [2.75, 3.05) is 0 Å². The third-order valence-corrected chi connectivity index (χ3v) is 1.40. The fraction of sp³-hybridized carbons (Fsp3) is 0.167. The fourth-order valence-electron chi connectivity index (χ4n) is 0.826. The van der Waals surface area contributed by atoms with Crippen LogP contribution in [0.4, 0.5) is 0 Å². The van der Waals surface area contributed by atoms with Gasteiger partial charge in [0.15, 0.2) is 0 Å². The minimum atomic E-state index is -1.42. The fourth-order valence-corrected chi connectivity index (χ4v) is 0.826. The van der Waals surface area contributed by atoms with Gasteiger partial charge in [-0.25, -0.2) is 0 Å². The van der Waals surface area contributed by atoms with Gasteiger partial charge in [-0.1, -0.05) is 12.2 Å². The van der Waals surface area contributed by atoms with Crippen molar-refractivity contribution in [2.45, 2.75) is 6.42 Å². The van der Waals surface area contributed by atoms with Gasteiger partial charge < -0.3 is 10.0 Å². The van der Waals surface area contributed by atoms with Crippen LogP contribution in [-0.4, -0.2) is 23.5 Å². The second-order valence-corrected chi connectivity index (χ2v) is 2.15. The van der Waals surface area contributed by atoms with Crippen molar-refractivity contribution in [2.24, 2.45) is 0 Å². The number of aldehydes is 1. The van der Waals surface area contributed by atoms with Gasteiger partial charge in [0.05, 0.1) is 0 Å². The molecule has 0 aromatic carbocycles. The van der Waals surface area contributed by atoms with E-state index in [9.17, 15) is 4.79 Å². The van der Waals surface area contributed by atoms with Gasteiger partial charge in [-0.2, -0.15) is 0 Å². The zero-order valence-electron chi connectivity index (χ0n) is 5.32. The van der Waals surface area contributed by atoms with Gasteiger partial charge in [-0.05, 0) is 17.5 Å². The van der Waals surface area contributed by atoms with E-state index in [-0.39, 0.29) is 0 Å². The number of hydrogen-bond donors (Lipinski definition) is 2. The first-order valence-corrected chi connectivity index (χ1v) is 2.95. The van der Waals surface area contributed by atoms with Crippen molar-refractivity contribution in [1.82, 2.24) is 0 Å². The molecule has 0 saturated heterocycles. The van der Waals surface area contributed by atoms with E-state index in [2.05, 4.69) is 0 Å². The lowest BCUT2D eigenvalue weighted by Gasteiger charge is -1.97. The Balaban J connectivity index is 2.56. The summed E-state index contributed by atoms with van der Waals surface area (Å²) in [7, 11) is -1.42. The van der Waals surface area contributed by atoms with Crippen LogP contribution in [0, 0.1) is 0 Å². The Morgan fingerprint density at radius 3 is 2.50 bits per heavy atom. The molecule has 52 valence electrons. The standard InChI is InChI=1S/C6H7BO3/c8-4-5-1-2-6(3-5)7(9)10/h1-2,4,9-10H,3H2. The number of carbonyl (C=O) groups is 1. The Kier molecular flexibility index (Phi) is 2.04. The quantitative estimate of drug-likeness (QED) is 0.397. The molecule has 0 bridgehead atoms. The van der Waals surface area contributed by atoms with Crippen LogP contribution in [0.15, 0.2) is 23.2 Å². The van der Waals surface area contributed by atoms with Crippen LogP contribution in [0.3, 0.4) is 0 Å². The molecule has 1 aliphatic carbocycles. The summed E-state index contributed by atoms with van der Waals surface area (Å²) in [5, 5.41) is 17.2. The molecule has 0 spiro atoms. The first-order chi connectivity index (χ1) is 4.74. The Morgan fingerprint density at radius 1 is 1.50 bits per heavy atom. The topological polar surface area (TPSA) is 57.5 Å². The van der Waals surface area contributed by atoms with Gasteiger partial charge in [-0.15, -0.1) is 0 Å². The Bertz CT molecular complexity index is 205. The zero-order valence-corrected chi connectivity index (χ0v) is 5.32. The van der Waals surface area contributed by atoms with Crippen LogP contribution < -0.4 is 0 Å². The van der Waals surface area contributed by atoms with Gasteiger partial charge in [0.25, 0.3) is 0 Å². The maximum atomic E-state index is 10.1. The predicted molar refractivity (Wildman–Crippen MR) is 37.0 cm³/mol. The molecule has 0 fully saturated rings. The molecule has 0 amide bonds. The maximum absolute atomic E-state index is 10.1. The van der Waals surface area contributed by atoms with Crippen LogP contribution in [-0.2, 0) is 4.79 Å². The average Bonchev–Trinajstić information content (AvgIpc) is 2.34. The highest BCUT2D eigenvalue weighted by Gasteiger charge is 2.18. The van der Waals surface area contributed by atoms with E-state index in [4.69, 9.17) is 10.0 Å². The summed E-state index contributed by atoms with van der Waals surface area (Å²) in [6.07, 6.45) is 4.21. The van der Waals surface area contributed by atoms with E-state index in [0.717, 1.165) is 0 Å². The summed E-state index contributed by atoms with van der Waals surface area (Å²) < 4.78 is 0. The molecule has 0 atom stereocenters. The smallest absolute Gasteiger partial charge is 0.423 e. The first kappa shape index (κ1) is 7.24. The second-order valence-electron chi connectivity index (χ2n) is 2.15. The molecular weight excluding hydrogens is 131 g/mol. The number of allylic oxidation sites excluding steroid dienone is 4. The van der Waals surface area contributed by atoms with Crippen molar-refractivity contribution in [3.8, 4) is 0 Å². The summed E-state index contributed by atoms with van der Waals surface area (Å²) in [6.45, 7) is 0. The van der Waals surface area contributed by atoms with E-state index in [0.29, 0.717) is 23.8 Å². The van der Waals surface area contributed by atoms with Crippen LogP contribution in [0.1, 0.15) is 6.42 Å². The Labute approximate surface area is 58.8 Å². The molecule has 0 aromatic heterocycles. The van der Waals surface area contributed by atoms with Crippen molar-refractivity contribution >= 4 is 13.4 Å². The van der Waals surface area contributed by atoms with Crippen LogP contribution in [0.25, 0.3) is 0 Å². The maximum Gasteiger partial charge on any atom is 0.484 e. The van der Waals surface area contributed by atoms with E-state index < -0.39 is 7.12 Å². The third-order valence-electron chi connectivity index (χ3n) is 1.40. The Hall–Kier alpha value is -0.865. The predicted octanol–water partition coefficient (Wildman–Crippen LogP) is -0.546.